The molecule has 0 aromatic heterocycles. The van der Waals surface area contributed by atoms with Gasteiger partial charge >= 0.3 is 11.7 Å². The third-order valence-corrected chi connectivity index (χ3v) is 2.80. The van der Waals surface area contributed by atoms with Gasteiger partial charge in [-0.3, -0.25) is 20.2 Å². The molecule has 0 spiro atoms. The second-order valence-electron chi connectivity index (χ2n) is 4.69. The van der Waals surface area contributed by atoms with Gasteiger partial charge < -0.3 is 24.1 Å². The number of benzene rings is 1. The van der Waals surface area contributed by atoms with Crippen LogP contribution >= 0.6 is 0 Å². The van der Waals surface area contributed by atoms with Gasteiger partial charge in [0, 0.05) is 6.07 Å². The van der Waals surface area contributed by atoms with E-state index < -0.39 is 27.2 Å². The first-order valence-electron chi connectivity index (χ1n) is 7.42. The number of nitro benzene ring substituents is 2. The highest BCUT2D eigenvalue weighted by molar-refractivity contribution is 5.67. The van der Waals surface area contributed by atoms with Crippen LogP contribution in [0.5, 0.6) is 5.75 Å². The first-order chi connectivity index (χ1) is 12.4. The zero-order valence-electron chi connectivity index (χ0n) is 13.7. The predicted octanol–water partition coefficient (Wildman–Crippen LogP) is 1.02. The Morgan fingerprint density at radius 1 is 0.923 bits per heavy atom. The molecule has 0 saturated carbocycles. The first-order valence-corrected chi connectivity index (χ1v) is 7.42. The van der Waals surface area contributed by atoms with Crippen LogP contribution in [-0.2, 0) is 19.0 Å². The molecule has 0 atom stereocenters. The second-order valence-corrected chi connectivity index (χ2v) is 4.69. The summed E-state index contributed by atoms with van der Waals surface area (Å²) >= 11 is 0. The van der Waals surface area contributed by atoms with Crippen molar-refractivity contribution in [2.45, 2.75) is 0 Å². The van der Waals surface area contributed by atoms with Crippen LogP contribution in [0.3, 0.4) is 0 Å². The van der Waals surface area contributed by atoms with Crippen molar-refractivity contribution in [1.29, 1.82) is 0 Å². The fourth-order valence-electron chi connectivity index (χ4n) is 1.69. The van der Waals surface area contributed by atoms with Gasteiger partial charge in [0.05, 0.1) is 48.9 Å². The number of non-ortho nitro benzene ring substituents is 1. The molecule has 1 aromatic rings. The topological polar surface area (TPSA) is 161 Å². The van der Waals surface area contributed by atoms with Crippen LogP contribution in [0, 0.1) is 20.2 Å². The van der Waals surface area contributed by atoms with Crippen molar-refractivity contribution in [3.63, 3.8) is 0 Å². The average molecular weight is 374 g/mol. The summed E-state index contributed by atoms with van der Waals surface area (Å²) in [5.41, 5.74) is -0.895. The standard InChI is InChI=1S/C14H18N2O10/c17-14(18)10-25-6-5-23-3-4-24-7-8-26-13-2-1-11(15(19)20)9-12(13)16(21)22/h1-2,9H,3-8,10H2,(H,17,18). The molecule has 0 aliphatic carbocycles. The Balaban J connectivity index is 2.19. The maximum atomic E-state index is 10.9. The first kappa shape index (κ1) is 21.2. The molecule has 0 aliphatic rings. The number of hydrogen-bond acceptors (Lipinski definition) is 9. The Morgan fingerprint density at radius 3 is 2.04 bits per heavy atom. The summed E-state index contributed by atoms with van der Waals surface area (Å²) in [4.78, 5) is 30.3. The van der Waals surface area contributed by atoms with Crippen LogP contribution in [0.1, 0.15) is 0 Å². The van der Waals surface area contributed by atoms with Gasteiger partial charge in [-0.05, 0) is 6.07 Å². The number of aliphatic carboxylic acids is 1. The molecule has 0 radical (unpaired) electrons. The smallest absolute Gasteiger partial charge is 0.329 e. The van der Waals surface area contributed by atoms with Crippen molar-refractivity contribution in [3.05, 3.63) is 38.4 Å². The quantitative estimate of drug-likeness (QED) is 0.283. The molecule has 1 N–H and O–H groups in total. The summed E-state index contributed by atoms with van der Waals surface area (Å²) in [6, 6.07) is 3.11. The van der Waals surface area contributed by atoms with E-state index in [1.165, 1.54) is 0 Å². The van der Waals surface area contributed by atoms with Crippen molar-refractivity contribution >= 4 is 17.3 Å². The fourth-order valence-corrected chi connectivity index (χ4v) is 1.69. The lowest BCUT2D eigenvalue weighted by molar-refractivity contribution is -0.394. The van der Waals surface area contributed by atoms with Gasteiger partial charge in [-0.2, -0.15) is 0 Å². The van der Waals surface area contributed by atoms with Crippen molar-refractivity contribution < 1.29 is 38.7 Å². The highest BCUT2D eigenvalue weighted by Crippen LogP contribution is 2.30. The lowest BCUT2D eigenvalue weighted by Gasteiger charge is -2.08. The van der Waals surface area contributed by atoms with Crippen molar-refractivity contribution in [2.24, 2.45) is 0 Å². The van der Waals surface area contributed by atoms with Gasteiger partial charge in [0.25, 0.3) is 5.69 Å². The minimum absolute atomic E-state index is 0.0143. The molecule has 0 heterocycles. The lowest BCUT2D eigenvalue weighted by atomic mass is 10.2. The Hall–Kier alpha value is -2.83. The summed E-state index contributed by atoms with van der Waals surface area (Å²) in [6.07, 6.45) is 0. The highest BCUT2D eigenvalue weighted by atomic mass is 16.6. The maximum Gasteiger partial charge on any atom is 0.329 e. The van der Waals surface area contributed by atoms with Gasteiger partial charge in [-0.15, -0.1) is 0 Å². The Morgan fingerprint density at radius 2 is 1.50 bits per heavy atom. The number of carboxylic acid groups (broad SMARTS) is 1. The molecule has 12 nitrogen and oxygen atoms in total. The highest BCUT2D eigenvalue weighted by Gasteiger charge is 2.20. The zero-order valence-corrected chi connectivity index (χ0v) is 13.7. The van der Waals surface area contributed by atoms with E-state index >= 15 is 0 Å². The van der Waals surface area contributed by atoms with E-state index in [-0.39, 0.29) is 52.0 Å². The number of hydrogen-bond donors (Lipinski definition) is 1. The normalized spacial score (nSPS) is 10.5. The van der Waals surface area contributed by atoms with Crippen LogP contribution in [-0.4, -0.2) is 67.2 Å². The minimum atomic E-state index is -1.05. The monoisotopic (exact) mass is 374 g/mol. The van der Waals surface area contributed by atoms with Crippen LogP contribution in [0.2, 0.25) is 0 Å². The van der Waals surface area contributed by atoms with Gasteiger partial charge in [0.1, 0.15) is 13.2 Å². The molecule has 0 bridgehead atoms. The van der Waals surface area contributed by atoms with Crippen molar-refractivity contribution in [3.8, 4) is 5.75 Å². The molecule has 0 unspecified atom stereocenters. The molecule has 144 valence electrons. The SMILES string of the molecule is O=C(O)COCCOCCOCCOc1ccc([N+](=O)[O-])cc1[N+](=O)[O-]. The lowest BCUT2D eigenvalue weighted by Crippen LogP contribution is -2.14. The average Bonchev–Trinajstić information content (AvgIpc) is 2.59. The summed E-state index contributed by atoms with van der Waals surface area (Å²) in [5.74, 6) is -1.14. The molecular weight excluding hydrogens is 356 g/mol. The number of nitrogens with zero attached hydrogens (tertiary/aromatic N) is 2. The summed E-state index contributed by atoms with van der Waals surface area (Å²) in [7, 11) is 0. The van der Waals surface area contributed by atoms with Crippen molar-refractivity contribution in [1.82, 2.24) is 0 Å². The van der Waals surface area contributed by atoms with E-state index in [9.17, 15) is 25.0 Å². The van der Waals surface area contributed by atoms with E-state index in [4.69, 9.17) is 24.1 Å². The van der Waals surface area contributed by atoms with E-state index in [1.54, 1.807) is 0 Å². The minimum Gasteiger partial charge on any atom is -0.484 e. The number of nitro groups is 2. The third-order valence-electron chi connectivity index (χ3n) is 2.80. The van der Waals surface area contributed by atoms with E-state index in [0.29, 0.717) is 0 Å². The largest absolute Gasteiger partial charge is 0.484 e. The van der Waals surface area contributed by atoms with Gasteiger partial charge in [0.2, 0.25) is 0 Å². The van der Waals surface area contributed by atoms with Crippen LogP contribution < -0.4 is 4.74 Å². The molecule has 0 aliphatic heterocycles. The Kier molecular flexibility index (Phi) is 9.53. The number of carbonyl (C=O) groups is 1. The third kappa shape index (κ3) is 8.32. The second kappa shape index (κ2) is 11.7. The molecular formula is C14H18N2O10. The number of ether oxygens (including phenoxy) is 4. The van der Waals surface area contributed by atoms with Crippen LogP contribution in [0.25, 0.3) is 0 Å². The van der Waals surface area contributed by atoms with Crippen LogP contribution in [0.15, 0.2) is 18.2 Å². The molecule has 26 heavy (non-hydrogen) atoms. The number of carboxylic acids is 1. The molecule has 12 heteroatoms. The van der Waals surface area contributed by atoms with E-state index in [0.717, 1.165) is 18.2 Å². The van der Waals surface area contributed by atoms with Gasteiger partial charge in [-0.25, -0.2) is 4.79 Å². The molecule has 0 saturated heterocycles. The summed E-state index contributed by atoms with van der Waals surface area (Å²) in [5, 5.41) is 29.9. The zero-order chi connectivity index (χ0) is 19.4. The van der Waals surface area contributed by atoms with Crippen LogP contribution in [0.4, 0.5) is 11.4 Å². The number of rotatable bonds is 14. The summed E-state index contributed by atoms with van der Waals surface area (Å²) < 4.78 is 20.3. The molecule has 0 amide bonds. The predicted molar refractivity (Wildman–Crippen MR) is 85.3 cm³/mol. The van der Waals surface area contributed by atoms with Gasteiger partial charge in [-0.1, -0.05) is 0 Å². The Labute approximate surface area is 147 Å². The molecule has 1 rings (SSSR count). The molecule has 1 aromatic carbocycles. The summed E-state index contributed by atoms with van der Waals surface area (Å²) in [6.45, 7) is 0.638. The van der Waals surface area contributed by atoms with E-state index in [2.05, 4.69) is 0 Å². The Bertz CT molecular complexity index is 622. The maximum absolute atomic E-state index is 10.9. The fraction of sp³-hybridized carbons (Fsp3) is 0.500. The van der Waals surface area contributed by atoms with Crippen molar-refractivity contribution in [2.75, 3.05) is 46.2 Å². The van der Waals surface area contributed by atoms with Gasteiger partial charge in [0.15, 0.2) is 5.75 Å². The van der Waals surface area contributed by atoms with E-state index in [1.807, 2.05) is 0 Å². The molecule has 0 fully saturated rings.